The van der Waals surface area contributed by atoms with E-state index in [1.165, 1.54) is 0 Å². The number of likely N-dealkylation sites (tertiary alicyclic amines) is 1. The summed E-state index contributed by atoms with van der Waals surface area (Å²) in [5, 5.41) is 0.877. The molecule has 3 fully saturated rings. The van der Waals surface area contributed by atoms with Gasteiger partial charge in [-0.05, 0) is 55.4 Å². The molecule has 3 atom stereocenters. The molecule has 3 aliphatic rings. The number of aromatic nitrogens is 2. The van der Waals surface area contributed by atoms with Gasteiger partial charge in [-0.25, -0.2) is 4.98 Å². The fourth-order valence-corrected chi connectivity index (χ4v) is 5.94. The van der Waals surface area contributed by atoms with Crippen LogP contribution in [0, 0.1) is 11.8 Å². The van der Waals surface area contributed by atoms with Crippen LogP contribution in [0.1, 0.15) is 36.0 Å². The summed E-state index contributed by atoms with van der Waals surface area (Å²) in [6, 6.07) is 15.8. The van der Waals surface area contributed by atoms with Gasteiger partial charge in [0.05, 0.1) is 22.5 Å². The van der Waals surface area contributed by atoms with Gasteiger partial charge in [0.15, 0.2) is 0 Å². The van der Waals surface area contributed by atoms with E-state index in [0.29, 0.717) is 48.0 Å². The van der Waals surface area contributed by atoms with Crippen molar-refractivity contribution in [3.63, 3.8) is 0 Å². The number of benzene rings is 1. The Hall–Kier alpha value is -3.28. The maximum atomic E-state index is 13.8. The minimum Gasteiger partial charge on any atom is -0.339 e. The highest BCUT2D eigenvalue weighted by Crippen LogP contribution is 2.38. The van der Waals surface area contributed by atoms with Crippen molar-refractivity contribution < 1.29 is 9.59 Å². The fourth-order valence-electron chi connectivity index (χ4n) is 5.94. The quantitative estimate of drug-likeness (QED) is 0.626. The van der Waals surface area contributed by atoms with Crippen LogP contribution < -0.4 is 0 Å². The number of carbonyl (C=O) groups excluding carboxylic acids is 2. The van der Waals surface area contributed by atoms with Crippen LogP contribution in [0.4, 0.5) is 0 Å². The summed E-state index contributed by atoms with van der Waals surface area (Å²) in [6.07, 6.45) is 5.58. The second-order valence-electron chi connectivity index (χ2n) is 9.36. The van der Waals surface area contributed by atoms with Crippen molar-refractivity contribution in [2.75, 3.05) is 19.6 Å². The third-order valence-electron chi connectivity index (χ3n) is 7.34. The zero-order valence-electron chi connectivity index (χ0n) is 18.0. The maximum Gasteiger partial charge on any atom is 0.254 e. The first-order chi connectivity index (χ1) is 15.7. The van der Waals surface area contributed by atoms with Gasteiger partial charge < -0.3 is 9.80 Å². The minimum absolute atomic E-state index is 0.0612. The van der Waals surface area contributed by atoms with Crippen molar-refractivity contribution in [1.82, 2.24) is 19.8 Å². The second-order valence-corrected chi connectivity index (χ2v) is 9.36. The topological polar surface area (TPSA) is 66.4 Å². The van der Waals surface area contributed by atoms with Gasteiger partial charge in [-0.15, -0.1) is 0 Å². The van der Waals surface area contributed by atoms with E-state index in [-0.39, 0.29) is 5.91 Å². The number of amides is 2. The standard InChI is InChI=1S/C26H26N4O2/c31-25-10-5-9-24-18-12-17(15-30(24)25)14-29(16-18)26(32)20-13-23(22-8-3-4-11-27-22)28-21-7-2-1-6-19(20)21/h1-4,6-8,11,13,17-18,24H,5,9-10,12,14-16H2/t17-,18+,24-/m1/s1. The maximum absolute atomic E-state index is 13.8. The van der Waals surface area contributed by atoms with Gasteiger partial charge in [-0.3, -0.25) is 14.6 Å². The molecule has 2 aromatic heterocycles. The van der Waals surface area contributed by atoms with Crippen molar-refractivity contribution in [2.24, 2.45) is 11.8 Å². The van der Waals surface area contributed by atoms with E-state index in [4.69, 9.17) is 4.98 Å². The number of rotatable bonds is 2. The predicted octanol–water partition coefficient (Wildman–Crippen LogP) is 3.77. The summed E-state index contributed by atoms with van der Waals surface area (Å²) < 4.78 is 0. The number of piperidine rings is 3. The number of hydrogen-bond donors (Lipinski definition) is 0. The van der Waals surface area contributed by atoms with Crippen molar-refractivity contribution in [2.45, 2.75) is 31.7 Å². The number of nitrogens with zero attached hydrogens (tertiary/aromatic N) is 4. The Bertz CT molecular complexity index is 1190. The molecule has 162 valence electrons. The van der Waals surface area contributed by atoms with Crippen LogP contribution in [0.15, 0.2) is 54.7 Å². The van der Waals surface area contributed by atoms with E-state index >= 15 is 0 Å². The first kappa shape index (κ1) is 19.4. The highest BCUT2D eigenvalue weighted by atomic mass is 16.2. The molecule has 0 spiro atoms. The number of para-hydroxylation sites is 1. The molecule has 32 heavy (non-hydrogen) atoms. The SMILES string of the molecule is O=C(c1cc(-c2ccccn2)nc2ccccc12)N1C[C@H]2C[C@@H](C1)[C@H]1CCCC(=O)N1C2. The molecule has 0 N–H and O–H groups in total. The Labute approximate surface area is 187 Å². The molecule has 0 unspecified atom stereocenters. The molecule has 6 rings (SSSR count). The fraction of sp³-hybridized carbons (Fsp3) is 0.385. The van der Waals surface area contributed by atoms with Crippen LogP contribution in [-0.2, 0) is 4.79 Å². The highest BCUT2D eigenvalue weighted by molar-refractivity contribution is 6.07. The summed E-state index contributed by atoms with van der Waals surface area (Å²) in [5.74, 6) is 1.10. The summed E-state index contributed by atoms with van der Waals surface area (Å²) in [6.45, 7) is 2.22. The third-order valence-corrected chi connectivity index (χ3v) is 7.34. The Morgan fingerprint density at radius 1 is 1.00 bits per heavy atom. The third kappa shape index (κ3) is 3.25. The van der Waals surface area contributed by atoms with Crippen molar-refractivity contribution in [1.29, 1.82) is 0 Å². The normalized spacial score (nSPS) is 25.0. The molecule has 0 aliphatic carbocycles. The van der Waals surface area contributed by atoms with E-state index in [1.807, 2.05) is 53.4 Å². The zero-order chi connectivity index (χ0) is 21.7. The van der Waals surface area contributed by atoms with Crippen molar-refractivity contribution in [3.05, 3.63) is 60.3 Å². The van der Waals surface area contributed by atoms with Gasteiger partial charge in [0, 0.05) is 43.7 Å². The first-order valence-electron chi connectivity index (χ1n) is 11.6. The van der Waals surface area contributed by atoms with E-state index in [9.17, 15) is 9.59 Å². The lowest BCUT2D eigenvalue weighted by molar-refractivity contribution is -0.144. The lowest BCUT2D eigenvalue weighted by Gasteiger charge is -2.52. The summed E-state index contributed by atoms with van der Waals surface area (Å²) in [5.41, 5.74) is 2.97. The molecule has 3 aromatic rings. The average molecular weight is 427 g/mol. The van der Waals surface area contributed by atoms with E-state index in [0.717, 1.165) is 48.9 Å². The molecule has 0 radical (unpaired) electrons. The van der Waals surface area contributed by atoms with Gasteiger partial charge in [0.25, 0.3) is 5.91 Å². The van der Waals surface area contributed by atoms with Gasteiger partial charge in [-0.1, -0.05) is 24.3 Å². The summed E-state index contributed by atoms with van der Waals surface area (Å²) in [4.78, 5) is 39.7. The molecular formula is C26H26N4O2. The van der Waals surface area contributed by atoms with E-state index in [2.05, 4.69) is 9.88 Å². The number of pyridine rings is 2. The number of carbonyl (C=O) groups is 2. The van der Waals surface area contributed by atoms with Crippen LogP contribution in [0.5, 0.6) is 0 Å². The monoisotopic (exact) mass is 426 g/mol. The molecule has 0 saturated carbocycles. The van der Waals surface area contributed by atoms with Crippen LogP contribution in [0.2, 0.25) is 0 Å². The van der Waals surface area contributed by atoms with Gasteiger partial charge >= 0.3 is 0 Å². The molecule has 3 aliphatic heterocycles. The van der Waals surface area contributed by atoms with E-state index in [1.54, 1.807) is 6.20 Å². The average Bonchev–Trinajstić information content (AvgIpc) is 2.84. The van der Waals surface area contributed by atoms with E-state index < -0.39 is 0 Å². The first-order valence-corrected chi connectivity index (χ1v) is 11.6. The Morgan fingerprint density at radius 3 is 2.75 bits per heavy atom. The van der Waals surface area contributed by atoms with Crippen LogP contribution in [0.25, 0.3) is 22.3 Å². The molecule has 2 bridgehead atoms. The molecule has 3 saturated heterocycles. The zero-order valence-corrected chi connectivity index (χ0v) is 18.0. The molecule has 6 nitrogen and oxygen atoms in total. The number of fused-ring (bicyclic) bond motifs is 5. The minimum atomic E-state index is 0.0612. The smallest absolute Gasteiger partial charge is 0.254 e. The molecule has 1 aromatic carbocycles. The largest absolute Gasteiger partial charge is 0.339 e. The van der Waals surface area contributed by atoms with Crippen molar-refractivity contribution in [3.8, 4) is 11.4 Å². The Kier molecular flexibility index (Phi) is 4.67. The van der Waals surface area contributed by atoms with Crippen LogP contribution in [-0.4, -0.2) is 57.3 Å². The van der Waals surface area contributed by atoms with Gasteiger partial charge in [0.2, 0.25) is 5.91 Å². The van der Waals surface area contributed by atoms with Crippen LogP contribution in [0.3, 0.4) is 0 Å². The lowest BCUT2D eigenvalue weighted by atomic mass is 9.76. The summed E-state index contributed by atoms with van der Waals surface area (Å²) >= 11 is 0. The highest BCUT2D eigenvalue weighted by Gasteiger charge is 2.45. The number of hydrogen-bond acceptors (Lipinski definition) is 4. The van der Waals surface area contributed by atoms with Gasteiger partial charge in [0.1, 0.15) is 0 Å². The Balaban J connectivity index is 1.36. The Morgan fingerprint density at radius 2 is 1.88 bits per heavy atom. The van der Waals surface area contributed by atoms with Crippen LogP contribution >= 0.6 is 0 Å². The molecule has 2 amide bonds. The predicted molar refractivity (Wildman–Crippen MR) is 122 cm³/mol. The summed E-state index contributed by atoms with van der Waals surface area (Å²) in [7, 11) is 0. The van der Waals surface area contributed by atoms with Crippen molar-refractivity contribution >= 4 is 22.7 Å². The van der Waals surface area contributed by atoms with Gasteiger partial charge in [-0.2, -0.15) is 0 Å². The second kappa shape index (κ2) is 7.69. The molecule has 5 heterocycles. The molecular weight excluding hydrogens is 400 g/mol. The molecule has 6 heteroatoms. The lowest BCUT2D eigenvalue weighted by Crippen LogP contribution is -2.61.